The average molecular weight is 1200 g/mol. The van der Waals surface area contributed by atoms with Gasteiger partial charge in [-0.2, -0.15) is 0 Å². The van der Waals surface area contributed by atoms with Gasteiger partial charge in [0.05, 0.1) is 33.5 Å². The SMILES string of the molecule is CC/C=C\C/C=C\C/C=C\C/C=C\C/C=C\C/C=C\CCCCCCCC[C@@H](O)CC(=O)SCCNC(=O)CCNC(=O)[C@H](O)C(C)(C)COP(=O)([O-])OP(=O)([O-])OC[C@H]1O[C@@H](n2cnc3c(N)ncnc32)[C@H](O)[C@@H]1OP(=O)([O-])[O-]. The van der Waals surface area contributed by atoms with Crippen LogP contribution in [0.2, 0.25) is 0 Å². The molecule has 80 heavy (non-hydrogen) atoms. The third-order valence-corrected chi connectivity index (χ3v) is 15.8. The van der Waals surface area contributed by atoms with Crippen molar-refractivity contribution in [3.63, 3.8) is 0 Å². The third kappa shape index (κ3) is 28.8. The van der Waals surface area contributed by atoms with Crippen LogP contribution in [0.4, 0.5) is 5.82 Å². The summed E-state index contributed by atoms with van der Waals surface area (Å²) in [5.74, 6) is -1.35. The highest BCUT2D eigenvalue weighted by molar-refractivity contribution is 8.13. The van der Waals surface area contributed by atoms with Crippen LogP contribution in [-0.2, 0) is 50.7 Å². The minimum Gasteiger partial charge on any atom is -0.790 e. The Morgan fingerprint density at radius 3 is 2.00 bits per heavy atom. The second kappa shape index (κ2) is 37.2. The number of aromatic nitrogens is 4. The van der Waals surface area contributed by atoms with Crippen molar-refractivity contribution < 1.29 is 85.6 Å². The van der Waals surface area contributed by atoms with Crippen molar-refractivity contribution in [1.82, 2.24) is 30.2 Å². The quantitative estimate of drug-likeness (QED) is 0.0298. The van der Waals surface area contributed by atoms with Crippen LogP contribution in [0.1, 0.15) is 130 Å². The van der Waals surface area contributed by atoms with Crippen LogP contribution in [0.3, 0.4) is 0 Å². The lowest BCUT2D eigenvalue weighted by Gasteiger charge is -2.36. The molecule has 2 unspecified atom stereocenters. The van der Waals surface area contributed by atoms with E-state index in [9.17, 15) is 63.0 Å². The summed E-state index contributed by atoms with van der Waals surface area (Å²) in [6, 6.07) is 0. The van der Waals surface area contributed by atoms with Crippen molar-refractivity contribution in [2.45, 2.75) is 160 Å². The number of ether oxygens (including phenoxy) is 1. The maximum atomic E-state index is 12.7. The van der Waals surface area contributed by atoms with Gasteiger partial charge in [0.2, 0.25) is 11.8 Å². The van der Waals surface area contributed by atoms with Crippen molar-refractivity contribution in [2.75, 3.05) is 37.8 Å². The lowest BCUT2D eigenvalue weighted by molar-refractivity contribution is -0.347. The number of nitrogens with zero attached hydrogens (tertiary/aromatic N) is 4. The smallest absolute Gasteiger partial charge is 0.274 e. The topological polar surface area (TPSA) is 395 Å². The number of nitrogen functional groups attached to an aromatic ring is 1. The Balaban J connectivity index is 1.21. The van der Waals surface area contributed by atoms with E-state index in [1.807, 2.05) is 0 Å². The highest BCUT2D eigenvalue weighted by atomic mass is 32.2. The van der Waals surface area contributed by atoms with Gasteiger partial charge in [-0.15, -0.1) is 0 Å². The zero-order chi connectivity index (χ0) is 59.0. The van der Waals surface area contributed by atoms with Gasteiger partial charge in [-0.25, -0.2) is 19.3 Å². The number of carbonyl (C=O) groups is 3. The number of thioether (sulfide) groups is 1. The van der Waals surface area contributed by atoms with Gasteiger partial charge in [0.25, 0.3) is 15.6 Å². The Labute approximate surface area is 472 Å². The minimum absolute atomic E-state index is 0.00303. The summed E-state index contributed by atoms with van der Waals surface area (Å²) in [5, 5.41) is 36.6. The first-order valence-corrected chi connectivity index (χ1v) is 31.9. The van der Waals surface area contributed by atoms with Crippen molar-refractivity contribution in [2.24, 2.45) is 5.41 Å². The Hall–Kier alpha value is -4.04. The summed E-state index contributed by atoms with van der Waals surface area (Å²) in [6.45, 7) is 2.11. The van der Waals surface area contributed by atoms with Gasteiger partial charge in [0, 0.05) is 37.1 Å². The summed E-state index contributed by atoms with van der Waals surface area (Å²) in [7, 11) is -17.7. The molecule has 2 amide bonds. The molecule has 0 aliphatic carbocycles. The fourth-order valence-electron chi connectivity index (χ4n) is 7.61. The Kier molecular flexibility index (Phi) is 32.7. The number of carbonyl (C=O) groups excluding carboxylic acids is 3. The molecular formula is C51H78N7O18P3S-4. The number of anilines is 1. The summed E-state index contributed by atoms with van der Waals surface area (Å²) in [5.41, 5.74) is 4.06. The molecule has 2 aromatic rings. The first kappa shape index (κ1) is 70.2. The number of hydrogen-bond acceptors (Lipinski definition) is 23. The van der Waals surface area contributed by atoms with Crippen LogP contribution in [0.25, 0.3) is 11.2 Å². The van der Waals surface area contributed by atoms with Gasteiger partial charge in [0.1, 0.15) is 36.3 Å². The van der Waals surface area contributed by atoms with Crippen molar-refractivity contribution in [3.05, 3.63) is 85.6 Å². The van der Waals surface area contributed by atoms with Gasteiger partial charge in [0.15, 0.2) is 22.8 Å². The number of phosphoric acid groups is 3. The maximum absolute atomic E-state index is 12.7. The average Bonchev–Trinajstić information content (AvgIpc) is 3.95. The predicted octanol–water partition coefficient (Wildman–Crippen LogP) is 4.71. The normalized spacial score (nSPS) is 19.8. The molecule has 0 aromatic carbocycles. The second-order valence-electron chi connectivity index (χ2n) is 19.2. The van der Waals surface area contributed by atoms with E-state index in [2.05, 4.69) is 123 Å². The summed E-state index contributed by atoms with van der Waals surface area (Å²) >= 11 is 0.980. The van der Waals surface area contributed by atoms with E-state index in [0.717, 1.165) is 112 Å². The van der Waals surface area contributed by atoms with E-state index in [4.69, 9.17) is 10.5 Å². The van der Waals surface area contributed by atoms with Crippen LogP contribution in [0.15, 0.2) is 85.6 Å². The van der Waals surface area contributed by atoms with E-state index < -0.39 is 90.7 Å². The van der Waals surface area contributed by atoms with E-state index >= 15 is 0 Å². The molecular weight excluding hydrogens is 1120 g/mol. The lowest BCUT2D eigenvalue weighted by Crippen LogP contribution is -2.46. The standard InChI is InChI=1S/C51H82N7O18P3S/c1-4-5-6-7-8-9-10-11-12-13-14-15-16-17-18-19-20-21-22-23-24-25-26-27-28-29-39(59)34-42(61)80-33-32-53-41(60)30-31-54-49(64)46(63)51(2,3)36-73-79(70,71)76-78(68,69)72-35-40-45(75-77(65,66)67)44(62)50(74-40)58-38-57-43-47(52)55-37-56-48(43)58/h5-6,8-9,11-12,14-15,17-18,20-21,37-40,44-46,50,59,62-63H,4,7,10,13,16,19,22-36H2,1-3H3,(H,53,60)(H,54,64)(H,68,69)(H,70,71)(H2,52,55,56)(H2,65,66,67)/p-4/b6-5-,9-8-,12-11-,15-14-,18-17-,21-20-/t39-,40-,44-,45-,46+,50-/m1/s1. The summed E-state index contributed by atoms with van der Waals surface area (Å²) < 4.78 is 60.9. The monoisotopic (exact) mass is 1200 g/mol. The van der Waals surface area contributed by atoms with Crippen molar-refractivity contribution in [1.29, 1.82) is 0 Å². The predicted molar refractivity (Wildman–Crippen MR) is 294 cm³/mol. The highest BCUT2D eigenvalue weighted by Crippen LogP contribution is 2.56. The molecule has 0 bridgehead atoms. The zero-order valence-corrected chi connectivity index (χ0v) is 49.0. The van der Waals surface area contributed by atoms with Crippen LogP contribution in [0, 0.1) is 5.41 Å². The molecule has 450 valence electrons. The number of imidazole rings is 1. The number of aliphatic hydroxyl groups excluding tert-OH is 3. The number of nitrogens with one attached hydrogen (secondary N) is 2. The Bertz CT molecular complexity index is 2540. The molecule has 3 rings (SSSR count). The Morgan fingerprint density at radius 1 is 0.812 bits per heavy atom. The van der Waals surface area contributed by atoms with E-state index in [0.29, 0.717) is 6.42 Å². The van der Waals surface area contributed by atoms with E-state index in [1.165, 1.54) is 13.8 Å². The molecule has 3 heterocycles. The second-order valence-corrected chi connectivity index (χ2v) is 24.4. The number of nitrogens with two attached hydrogens (primary N) is 1. The van der Waals surface area contributed by atoms with Gasteiger partial charge < -0.3 is 74.1 Å². The van der Waals surface area contributed by atoms with Crippen LogP contribution in [-0.4, -0.2) is 114 Å². The number of hydrogen-bond donors (Lipinski definition) is 6. The van der Waals surface area contributed by atoms with Crippen LogP contribution >= 0.6 is 35.2 Å². The molecule has 8 atom stereocenters. The molecule has 7 N–H and O–H groups in total. The molecule has 0 saturated carbocycles. The zero-order valence-electron chi connectivity index (χ0n) is 45.5. The van der Waals surface area contributed by atoms with Crippen LogP contribution < -0.4 is 35.9 Å². The molecule has 1 aliphatic rings. The largest absolute Gasteiger partial charge is 0.790 e. The first-order chi connectivity index (χ1) is 37.9. The fraction of sp³-hybridized carbons (Fsp3) is 0.608. The number of aliphatic hydroxyl groups is 3. The van der Waals surface area contributed by atoms with Gasteiger partial charge in [-0.3, -0.25) is 28.1 Å². The number of rotatable bonds is 41. The molecule has 0 spiro atoms. The molecule has 1 aliphatic heterocycles. The molecule has 1 saturated heterocycles. The molecule has 2 aromatic heterocycles. The highest BCUT2D eigenvalue weighted by Gasteiger charge is 2.47. The van der Waals surface area contributed by atoms with E-state index in [1.54, 1.807) is 0 Å². The molecule has 25 nitrogen and oxygen atoms in total. The van der Waals surface area contributed by atoms with Crippen molar-refractivity contribution >= 4 is 69.1 Å². The third-order valence-electron chi connectivity index (χ3n) is 11.9. The number of fused-ring (bicyclic) bond motifs is 1. The molecule has 29 heteroatoms. The van der Waals surface area contributed by atoms with Crippen LogP contribution in [0.5, 0.6) is 0 Å². The summed E-state index contributed by atoms with van der Waals surface area (Å²) in [6.07, 6.45) is 31.6. The summed E-state index contributed by atoms with van der Waals surface area (Å²) in [4.78, 5) is 97.3. The van der Waals surface area contributed by atoms with Gasteiger partial charge in [-0.05, 0) is 57.8 Å². The minimum atomic E-state index is -5.94. The number of phosphoric ester groups is 3. The molecule has 0 radical (unpaired) electrons. The van der Waals surface area contributed by atoms with Gasteiger partial charge >= 0.3 is 0 Å². The number of unbranched alkanes of at least 4 members (excludes halogenated alkanes) is 6. The maximum Gasteiger partial charge on any atom is 0.274 e. The molecule has 1 fully saturated rings. The number of allylic oxidation sites excluding steroid dienone is 12. The van der Waals surface area contributed by atoms with E-state index in [-0.39, 0.29) is 53.8 Å². The first-order valence-electron chi connectivity index (χ1n) is 26.5. The Morgan fingerprint density at radius 2 is 1.39 bits per heavy atom. The lowest BCUT2D eigenvalue weighted by atomic mass is 9.87. The number of amides is 2. The van der Waals surface area contributed by atoms with Crippen molar-refractivity contribution in [3.8, 4) is 0 Å². The fourth-order valence-corrected chi connectivity index (χ4v) is 11.1. The van der Waals surface area contributed by atoms with Gasteiger partial charge in [-0.1, -0.05) is 138 Å².